The summed E-state index contributed by atoms with van der Waals surface area (Å²) in [5.74, 6) is 0.646. The molecule has 0 N–H and O–H groups in total. The number of nitrogens with zero attached hydrogens (tertiary/aromatic N) is 1. The molecule has 0 atom stereocenters. The lowest BCUT2D eigenvalue weighted by Crippen LogP contribution is -2.20. The van der Waals surface area contributed by atoms with Crippen molar-refractivity contribution in [2.75, 3.05) is 5.88 Å². The van der Waals surface area contributed by atoms with Gasteiger partial charge in [-0.2, -0.15) is 0 Å². The zero-order valence-electron chi connectivity index (χ0n) is 10.2. The van der Waals surface area contributed by atoms with Crippen molar-refractivity contribution in [3.8, 4) is 11.1 Å². The van der Waals surface area contributed by atoms with Crippen molar-refractivity contribution in [2.24, 2.45) is 0 Å². The fraction of sp³-hybridized carbons (Fsp3) is 0.267. The minimum absolute atomic E-state index is 0.0678. The maximum absolute atomic E-state index is 12.3. The maximum Gasteiger partial charge on any atom is 0.258 e. The first-order valence-corrected chi connectivity index (χ1v) is 6.67. The fourth-order valence-electron chi connectivity index (χ4n) is 1.93. The number of aromatic nitrogens is 1. The third-order valence-corrected chi connectivity index (χ3v) is 3.15. The Balaban J connectivity index is 2.28. The van der Waals surface area contributed by atoms with E-state index >= 15 is 0 Å². The van der Waals surface area contributed by atoms with Gasteiger partial charge < -0.3 is 4.57 Å². The predicted octanol–water partition coefficient (Wildman–Crippen LogP) is 3.53. The highest BCUT2D eigenvalue weighted by molar-refractivity contribution is 6.17. The van der Waals surface area contributed by atoms with E-state index in [2.05, 4.69) is 0 Å². The molecule has 0 spiro atoms. The molecule has 94 valence electrons. The molecular weight excluding hydrogens is 246 g/mol. The molecule has 0 saturated heterocycles. The summed E-state index contributed by atoms with van der Waals surface area (Å²) in [5, 5.41) is 0. The summed E-state index contributed by atoms with van der Waals surface area (Å²) in [7, 11) is 0. The summed E-state index contributed by atoms with van der Waals surface area (Å²) < 4.78 is 1.76. The second kappa shape index (κ2) is 6.41. The minimum atomic E-state index is 0.0678. The average molecular weight is 262 g/mol. The third kappa shape index (κ3) is 3.02. The van der Waals surface area contributed by atoms with E-state index in [4.69, 9.17) is 11.6 Å². The number of hydrogen-bond donors (Lipinski definition) is 0. The molecule has 0 aliphatic rings. The second-order valence-electron chi connectivity index (χ2n) is 4.18. The van der Waals surface area contributed by atoms with Crippen LogP contribution in [0.2, 0.25) is 0 Å². The van der Waals surface area contributed by atoms with Gasteiger partial charge in [0.2, 0.25) is 0 Å². The highest BCUT2D eigenvalue weighted by atomic mass is 35.5. The number of unbranched alkanes of at least 4 members (excludes halogenated alkanes) is 1. The van der Waals surface area contributed by atoms with Crippen molar-refractivity contribution in [3.63, 3.8) is 0 Å². The molecule has 1 aromatic heterocycles. The normalized spacial score (nSPS) is 10.5. The lowest BCUT2D eigenvalue weighted by Gasteiger charge is -2.07. The van der Waals surface area contributed by atoms with Gasteiger partial charge in [0, 0.05) is 24.2 Å². The van der Waals surface area contributed by atoms with Gasteiger partial charge in [0.15, 0.2) is 0 Å². The number of rotatable bonds is 5. The summed E-state index contributed by atoms with van der Waals surface area (Å²) in [6.45, 7) is 0.728. The van der Waals surface area contributed by atoms with E-state index in [1.165, 1.54) is 0 Å². The largest absolute Gasteiger partial charge is 0.315 e. The SMILES string of the molecule is O=c1c(-c2ccccc2)cccn1CCCCCl. The Kier molecular flexibility index (Phi) is 4.59. The van der Waals surface area contributed by atoms with Crippen LogP contribution in [-0.4, -0.2) is 10.4 Å². The van der Waals surface area contributed by atoms with Crippen LogP contribution in [0.1, 0.15) is 12.8 Å². The average Bonchev–Trinajstić information content (AvgIpc) is 2.42. The molecular formula is C15H16ClNO. The number of hydrogen-bond acceptors (Lipinski definition) is 1. The number of alkyl halides is 1. The zero-order valence-corrected chi connectivity index (χ0v) is 10.9. The Morgan fingerprint density at radius 3 is 2.50 bits per heavy atom. The molecule has 1 heterocycles. The van der Waals surface area contributed by atoms with Crippen LogP contribution in [0.25, 0.3) is 11.1 Å². The van der Waals surface area contributed by atoms with E-state index in [0.29, 0.717) is 5.88 Å². The smallest absolute Gasteiger partial charge is 0.258 e. The Hall–Kier alpha value is -1.54. The monoisotopic (exact) mass is 261 g/mol. The summed E-state index contributed by atoms with van der Waals surface area (Å²) in [6, 6.07) is 13.5. The van der Waals surface area contributed by atoms with Crippen molar-refractivity contribution in [1.82, 2.24) is 4.57 Å². The molecule has 0 radical (unpaired) electrons. The van der Waals surface area contributed by atoms with Gasteiger partial charge in [-0.15, -0.1) is 11.6 Å². The lowest BCUT2D eigenvalue weighted by atomic mass is 10.1. The molecule has 0 bridgehead atoms. The topological polar surface area (TPSA) is 22.0 Å². The summed E-state index contributed by atoms with van der Waals surface area (Å²) in [6.07, 6.45) is 3.70. The van der Waals surface area contributed by atoms with Gasteiger partial charge in [-0.25, -0.2) is 0 Å². The number of aryl methyl sites for hydroxylation is 1. The molecule has 0 saturated carbocycles. The van der Waals surface area contributed by atoms with Gasteiger partial charge in [0.1, 0.15) is 0 Å². The number of halogens is 1. The summed E-state index contributed by atoms with van der Waals surface area (Å²) in [4.78, 5) is 12.3. The van der Waals surface area contributed by atoms with Crippen LogP contribution in [0.5, 0.6) is 0 Å². The number of pyridine rings is 1. The Morgan fingerprint density at radius 2 is 1.78 bits per heavy atom. The molecule has 0 amide bonds. The standard InChI is InChI=1S/C15H16ClNO/c16-10-4-5-11-17-12-6-9-14(15(17)18)13-7-2-1-3-8-13/h1-3,6-9,12H,4-5,10-11H2. The van der Waals surface area contributed by atoms with E-state index in [-0.39, 0.29) is 5.56 Å². The second-order valence-corrected chi connectivity index (χ2v) is 4.56. The van der Waals surface area contributed by atoms with Crippen LogP contribution in [0.15, 0.2) is 53.5 Å². The predicted molar refractivity (Wildman–Crippen MR) is 76.1 cm³/mol. The van der Waals surface area contributed by atoms with Gasteiger partial charge >= 0.3 is 0 Å². The van der Waals surface area contributed by atoms with Crippen LogP contribution in [0.3, 0.4) is 0 Å². The molecule has 18 heavy (non-hydrogen) atoms. The third-order valence-electron chi connectivity index (χ3n) is 2.89. The molecule has 1 aromatic carbocycles. The van der Waals surface area contributed by atoms with Gasteiger partial charge in [-0.05, 0) is 30.5 Å². The van der Waals surface area contributed by atoms with Gasteiger partial charge in [-0.3, -0.25) is 4.79 Å². The molecule has 2 nitrogen and oxygen atoms in total. The first kappa shape index (κ1) is 12.9. The van der Waals surface area contributed by atoms with Gasteiger partial charge in [-0.1, -0.05) is 30.3 Å². The van der Waals surface area contributed by atoms with Crippen molar-refractivity contribution in [1.29, 1.82) is 0 Å². The first-order valence-electron chi connectivity index (χ1n) is 6.14. The fourth-order valence-corrected chi connectivity index (χ4v) is 2.12. The quantitative estimate of drug-likeness (QED) is 0.596. The molecule has 3 heteroatoms. The van der Waals surface area contributed by atoms with E-state index in [0.717, 1.165) is 30.5 Å². The Morgan fingerprint density at radius 1 is 1.00 bits per heavy atom. The Labute approximate surface area is 112 Å². The van der Waals surface area contributed by atoms with E-state index in [1.54, 1.807) is 4.57 Å². The zero-order chi connectivity index (χ0) is 12.8. The first-order chi connectivity index (χ1) is 8.83. The van der Waals surface area contributed by atoms with E-state index in [9.17, 15) is 4.79 Å². The van der Waals surface area contributed by atoms with Crippen molar-refractivity contribution < 1.29 is 0 Å². The Bertz CT molecular complexity index is 548. The van der Waals surface area contributed by atoms with Crippen LogP contribution in [0, 0.1) is 0 Å². The molecule has 0 aliphatic carbocycles. The lowest BCUT2D eigenvalue weighted by molar-refractivity contribution is 0.616. The van der Waals surface area contributed by atoms with Crippen LogP contribution in [-0.2, 0) is 6.54 Å². The van der Waals surface area contributed by atoms with Crippen molar-refractivity contribution >= 4 is 11.6 Å². The summed E-state index contributed by atoms with van der Waals surface area (Å²) >= 11 is 5.65. The number of benzene rings is 1. The molecule has 2 aromatic rings. The minimum Gasteiger partial charge on any atom is -0.315 e. The highest BCUT2D eigenvalue weighted by Gasteiger charge is 2.04. The highest BCUT2D eigenvalue weighted by Crippen LogP contribution is 2.13. The van der Waals surface area contributed by atoms with Gasteiger partial charge in [0.05, 0.1) is 0 Å². The van der Waals surface area contributed by atoms with E-state index < -0.39 is 0 Å². The van der Waals surface area contributed by atoms with E-state index in [1.807, 2.05) is 48.7 Å². The molecule has 0 fully saturated rings. The van der Waals surface area contributed by atoms with Crippen LogP contribution < -0.4 is 5.56 Å². The molecule has 0 aliphatic heterocycles. The van der Waals surface area contributed by atoms with Gasteiger partial charge in [0.25, 0.3) is 5.56 Å². The van der Waals surface area contributed by atoms with Crippen molar-refractivity contribution in [3.05, 3.63) is 59.0 Å². The van der Waals surface area contributed by atoms with Crippen LogP contribution >= 0.6 is 11.6 Å². The summed E-state index contributed by atoms with van der Waals surface area (Å²) in [5.41, 5.74) is 1.79. The molecule has 2 rings (SSSR count). The molecule has 0 unspecified atom stereocenters. The van der Waals surface area contributed by atoms with Crippen molar-refractivity contribution in [2.45, 2.75) is 19.4 Å². The maximum atomic E-state index is 12.3. The van der Waals surface area contributed by atoms with Crippen LogP contribution in [0.4, 0.5) is 0 Å².